The van der Waals surface area contributed by atoms with Crippen LogP contribution in [-0.2, 0) is 11.3 Å². The molecule has 0 fully saturated rings. The number of nitrogens with one attached hydrogen (secondary N) is 1. The van der Waals surface area contributed by atoms with Gasteiger partial charge in [-0.15, -0.1) is 0 Å². The molecule has 1 amide bonds. The number of aliphatic imine (C=N–C) groups is 1. The van der Waals surface area contributed by atoms with Gasteiger partial charge < -0.3 is 9.64 Å². The number of benzodiazepines with no additional fused rings is 1. The number of benzene rings is 3. The van der Waals surface area contributed by atoms with Crippen LogP contribution in [0.1, 0.15) is 11.1 Å². The van der Waals surface area contributed by atoms with Crippen molar-refractivity contribution in [2.45, 2.75) is 23.0 Å². The minimum atomic E-state index is -0.487. The van der Waals surface area contributed by atoms with Crippen LogP contribution in [0.25, 0.3) is 0 Å². The Kier molecular flexibility index (Phi) is 6.35. The maximum atomic E-state index is 12.5. The van der Waals surface area contributed by atoms with Gasteiger partial charge in [0.15, 0.2) is 6.17 Å². The van der Waals surface area contributed by atoms with Crippen LogP contribution in [0.3, 0.4) is 0 Å². The van der Waals surface area contributed by atoms with Gasteiger partial charge in [0.25, 0.3) is 0 Å². The number of hydrogen-bond donors (Lipinski definition) is 1. The standard InChI is InChI=1S/C24H23N3O2S/c1-27-21-15-9-8-12-19(21)16-25-22(23(27)30-20-13-6-3-7-14-20)26-24(28)29-17-18-10-4-2-5-11-18/h2-16,22-23H,17H2,1H3,(H,26,28)/t22-,23?/m0/s1. The molecule has 0 aliphatic carbocycles. The Hall–Kier alpha value is -3.25. The molecular weight excluding hydrogens is 394 g/mol. The number of anilines is 1. The highest BCUT2D eigenvalue weighted by Gasteiger charge is 2.31. The zero-order valence-electron chi connectivity index (χ0n) is 16.6. The molecule has 4 rings (SSSR count). The fourth-order valence-corrected chi connectivity index (χ4v) is 4.41. The van der Waals surface area contributed by atoms with Crippen LogP contribution in [0, 0.1) is 0 Å². The van der Waals surface area contributed by atoms with E-state index in [0.29, 0.717) is 0 Å². The second kappa shape index (κ2) is 9.50. The van der Waals surface area contributed by atoms with Crippen molar-refractivity contribution in [3.63, 3.8) is 0 Å². The van der Waals surface area contributed by atoms with Gasteiger partial charge in [0.2, 0.25) is 0 Å². The molecule has 1 N–H and O–H groups in total. The fourth-order valence-electron chi connectivity index (χ4n) is 3.28. The Morgan fingerprint density at radius 2 is 1.67 bits per heavy atom. The lowest BCUT2D eigenvalue weighted by molar-refractivity contribution is 0.136. The van der Waals surface area contributed by atoms with E-state index in [-0.39, 0.29) is 12.0 Å². The third-order valence-electron chi connectivity index (χ3n) is 4.82. The van der Waals surface area contributed by atoms with E-state index in [1.807, 2.05) is 80.0 Å². The number of carbonyl (C=O) groups excluding carboxylic acids is 1. The minimum absolute atomic E-state index is 0.142. The first kappa shape index (κ1) is 20.0. The molecule has 3 aromatic carbocycles. The van der Waals surface area contributed by atoms with Crippen molar-refractivity contribution in [1.29, 1.82) is 0 Å². The molecule has 0 radical (unpaired) electrons. The molecule has 0 spiro atoms. The number of hydrogen-bond acceptors (Lipinski definition) is 5. The van der Waals surface area contributed by atoms with E-state index in [1.54, 1.807) is 11.8 Å². The second-order valence-corrected chi connectivity index (χ2v) is 8.11. The van der Waals surface area contributed by atoms with Gasteiger partial charge in [-0.3, -0.25) is 10.3 Å². The second-order valence-electron chi connectivity index (χ2n) is 6.92. The van der Waals surface area contributed by atoms with Crippen LogP contribution < -0.4 is 10.2 Å². The van der Waals surface area contributed by atoms with Crippen molar-refractivity contribution in [2.75, 3.05) is 11.9 Å². The third kappa shape index (κ3) is 4.83. The number of likely N-dealkylation sites (N-methyl/N-ethyl adjacent to an activating group) is 1. The molecule has 0 bridgehead atoms. The zero-order chi connectivity index (χ0) is 20.8. The molecule has 0 saturated heterocycles. The highest BCUT2D eigenvalue weighted by atomic mass is 32.2. The van der Waals surface area contributed by atoms with Gasteiger partial charge in [-0.05, 0) is 23.8 Å². The highest BCUT2D eigenvalue weighted by Crippen LogP contribution is 2.33. The lowest BCUT2D eigenvalue weighted by Gasteiger charge is -2.32. The van der Waals surface area contributed by atoms with E-state index in [2.05, 4.69) is 33.4 Å². The Bertz CT molecular complexity index is 1010. The Balaban J connectivity index is 1.53. The number of alkyl carbamates (subject to hydrolysis) is 1. The summed E-state index contributed by atoms with van der Waals surface area (Å²) in [5.41, 5.74) is 3.02. The van der Waals surface area contributed by atoms with Gasteiger partial charge in [-0.2, -0.15) is 0 Å². The van der Waals surface area contributed by atoms with Crippen LogP contribution in [0.15, 0.2) is 94.8 Å². The summed E-state index contributed by atoms with van der Waals surface area (Å²) in [6, 6.07) is 27.8. The molecule has 1 aliphatic rings. The van der Waals surface area contributed by atoms with E-state index in [1.165, 1.54) is 0 Å². The topological polar surface area (TPSA) is 53.9 Å². The number of thioether (sulfide) groups is 1. The van der Waals surface area contributed by atoms with Gasteiger partial charge in [0.1, 0.15) is 12.0 Å². The summed E-state index contributed by atoms with van der Waals surface area (Å²) in [5, 5.41) is 2.80. The van der Waals surface area contributed by atoms with Crippen molar-refractivity contribution in [2.24, 2.45) is 4.99 Å². The predicted molar refractivity (Wildman–Crippen MR) is 122 cm³/mol. The summed E-state index contributed by atoms with van der Waals surface area (Å²) in [6.45, 7) is 0.218. The van der Waals surface area contributed by atoms with Crippen LogP contribution in [0.5, 0.6) is 0 Å². The molecule has 30 heavy (non-hydrogen) atoms. The molecule has 6 heteroatoms. The summed E-state index contributed by atoms with van der Waals surface area (Å²) in [4.78, 5) is 20.5. The first-order valence-electron chi connectivity index (χ1n) is 9.75. The molecule has 1 heterocycles. The van der Waals surface area contributed by atoms with Crippen LogP contribution >= 0.6 is 11.8 Å². The summed E-state index contributed by atoms with van der Waals surface area (Å²) < 4.78 is 5.43. The smallest absolute Gasteiger partial charge is 0.409 e. The number of para-hydroxylation sites is 1. The lowest BCUT2D eigenvalue weighted by atomic mass is 10.2. The highest BCUT2D eigenvalue weighted by molar-refractivity contribution is 8.00. The van der Waals surface area contributed by atoms with E-state index >= 15 is 0 Å². The summed E-state index contributed by atoms with van der Waals surface area (Å²) >= 11 is 1.66. The number of amides is 1. The molecule has 1 aliphatic heterocycles. The predicted octanol–water partition coefficient (Wildman–Crippen LogP) is 4.93. The first-order valence-corrected chi connectivity index (χ1v) is 10.6. The van der Waals surface area contributed by atoms with Crippen LogP contribution in [0.4, 0.5) is 10.5 Å². The number of fused-ring (bicyclic) bond motifs is 1. The summed E-state index contributed by atoms with van der Waals surface area (Å²) in [5.74, 6) is 0. The van der Waals surface area contributed by atoms with Crippen molar-refractivity contribution in [3.05, 3.63) is 96.1 Å². The van der Waals surface area contributed by atoms with Crippen molar-refractivity contribution in [1.82, 2.24) is 5.32 Å². The Morgan fingerprint density at radius 1 is 1.00 bits per heavy atom. The van der Waals surface area contributed by atoms with Gasteiger partial charge >= 0.3 is 6.09 Å². The molecule has 152 valence electrons. The maximum Gasteiger partial charge on any atom is 0.409 e. The molecule has 2 atom stereocenters. The van der Waals surface area contributed by atoms with Crippen LogP contribution in [0.2, 0.25) is 0 Å². The number of nitrogens with zero attached hydrogens (tertiary/aromatic N) is 2. The van der Waals surface area contributed by atoms with Gasteiger partial charge in [0.05, 0.1) is 0 Å². The normalized spacial score (nSPS) is 17.7. The van der Waals surface area contributed by atoms with Gasteiger partial charge in [0, 0.05) is 29.4 Å². The molecular formula is C24H23N3O2S. The number of ether oxygens (including phenoxy) is 1. The van der Waals surface area contributed by atoms with E-state index in [0.717, 1.165) is 21.7 Å². The first-order chi connectivity index (χ1) is 14.7. The van der Waals surface area contributed by atoms with E-state index in [4.69, 9.17) is 4.74 Å². The Morgan fingerprint density at radius 3 is 2.43 bits per heavy atom. The summed E-state index contributed by atoms with van der Waals surface area (Å²) in [6.07, 6.45) is 0.856. The molecule has 0 aromatic heterocycles. The van der Waals surface area contributed by atoms with Gasteiger partial charge in [-0.25, -0.2) is 4.79 Å². The molecule has 3 aromatic rings. The average molecular weight is 418 g/mol. The van der Waals surface area contributed by atoms with E-state index in [9.17, 15) is 4.79 Å². The number of carbonyl (C=O) groups is 1. The zero-order valence-corrected chi connectivity index (χ0v) is 17.5. The maximum absolute atomic E-state index is 12.5. The van der Waals surface area contributed by atoms with Crippen molar-refractivity contribution < 1.29 is 9.53 Å². The lowest BCUT2D eigenvalue weighted by Crippen LogP contribution is -2.47. The molecule has 1 unspecified atom stereocenters. The molecule has 5 nitrogen and oxygen atoms in total. The third-order valence-corrected chi connectivity index (χ3v) is 6.18. The largest absolute Gasteiger partial charge is 0.445 e. The molecule has 0 saturated carbocycles. The number of rotatable bonds is 5. The van der Waals surface area contributed by atoms with Gasteiger partial charge in [-0.1, -0.05) is 78.5 Å². The quantitative estimate of drug-likeness (QED) is 0.640. The van der Waals surface area contributed by atoms with Crippen molar-refractivity contribution in [3.8, 4) is 0 Å². The average Bonchev–Trinajstić information content (AvgIpc) is 2.92. The van der Waals surface area contributed by atoms with Crippen LogP contribution in [-0.4, -0.2) is 30.9 Å². The fraction of sp³-hybridized carbons (Fsp3) is 0.167. The van der Waals surface area contributed by atoms with Crippen molar-refractivity contribution >= 4 is 29.8 Å². The SMILES string of the molecule is CN1c2ccccc2C=N[C@@H](NC(=O)OCc2ccccc2)C1Sc1ccccc1. The Labute approximate surface area is 180 Å². The summed E-state index contributed by atoms with van der Waals surface area (Å²) in [7, 11) is 2.03. The minimum Gasteiger partial charge on any atom is -0.445 e. The monoisotopic (exact) mass is 417 g/mol. The van der Waals surface area contributed by atoms with E-state index < -0.39 is 12.3 Å².